The molecule has 1 aliphatic heterocycles. The van der Waals surface area contributed by atoms with Crippen molar-refractivity contribution in [1.82, 2.24) is 4.98 Å². The number of rotatable bonds is 7. The number of benzene rings is 1. The molecular formula is C22H23FN2O4. The van der Waals surface area contributed by atoms with E-state index in [4.69, 9.17) is 9.47 Å². The Morgan fingerprint density at radius 2 is 2.10 bits per heavy atom. The van der Waals surface area contributed by atoms with Crippen molar-refractivity contribution in [3.05, 3.63) is 47.4 Å². The Balaban J connectivity index is 1.46. The van der Waals surface area contributed by atoms with E-state index in [0.717, 1.165) is 12.8 Å². The normalized spacial score (nSPS) is 18.3. The van der Waals surface area contributed by atoms with Crippen LogP contribution in [-0.4, -0.2) is 35.9 Å². The van der Waals surface area contributed by atoms with E-state index in [1.165, 1.54) is 11.0 Å². The second-order valence-corrected chi connectivity index (χ2v) is 7.29. The number of ether oxygens (including phenoxy) is 2. The number of nitrogens with zero attached hydrogens (tertiary/aromatic N) is 2. The van der Waals surface area contributed by atoms with Crippen molar-refractivity contribution in [3.63, 3.8) is 0 Å². The summed E-state index contributed by atoms with van der Waals surface area (Å²) < 4.78 is 25.8. The molecule has 6 nitrogen and oxygen atoms in total. The minimum Gasteiger partial charge on any atom is -0.480 e. The fourth-order valence-corrected chi connectivity index (χ4v) is 3.70. The number of amides is 1. The van der Waals surface area contributed by atoms with Crippen molar-refractivity contribution in [3.8, 4) is 11.6 Å². The third-order valence-corrected chi connectivity index (χ3v) is 5.28. The van der Waals surface area contributed by atoms with Gasteiger partial charge in [-0.1, -0.05) is 13.3 Å². The number of hydrogen-bond acceptors (Lipinski definition) is 5. The fourth-order valence-electron chi connectivity index (χ4n) is 3.70. The van der Waals surface area contributed by atoms with Crippen molar-refractivity contribution < 1.29 is 23.5 Å². The van der Waals surface area contributed by atoms with Crippen LogP contribution in [-0.2, 0) is 11.2 Å². The van der Waals surface area contributed by atoms with Crippen molar-refractivity contribution >= 4 is 17.4 Å². The van der Waals surface area contributed by atoms with Crippen LogP contribution in [0.1, 0.15) is 48.5 Å². The maximum atomic E-state index is 14.4. The number of Topliss-reactive ketones (excluding diaryl/α,β-unsaturated/α-hetero) is 1. The van der Waals surface area contributed by atoms with Crippen LogP contribution in [0, 0.1) is 5.82 Å². The highest BCUT2D eigenvalue weighted by Gasteiger charge is 2.36. The first kappa shape index (κ1) is 19.4. The Hall–Kier alpha value is -2.96. The van der Waals surface area contributed by atoms with E-state index in [1.807, 2.05) is 0 Å². The predicted octanol–water partition coefficient (Wildman–Crippen LogP) is 3.71. The molecule has 0 bridgehead atoms. The van der Waals surface area contributed by atoms with E-state index in [2.05, 4.69) is 11.9 Å². The van der Waals surface area contributed by atoms with Crippen molar-refractivity contribution in [2.75, 3.05) is 18.1 Å². The zero-order valence-corrected chi connectivity index (χ0v) is 16.3. The fraction of sp³-hybridized carbons (Fsp3) is 0.409. The Bertz CT molecular complexity index is 946. The number of aromatic nitrogens is 1. The summed E-state index contributed by atoms with van der Waals surface area (Å²) in [6.07, 6.45) is 4.08. The number of hydrogen-bond donors (Lipinski definition) is 0. The highest BCUT2D eigenvalue weighted by Crippen LogP contribution is 2.32. The predicted molar refractivity (Wildman–Crippen MR) is 105 cm³/mol. The molecule has 152 valence electrons. The number of fused-ring (bicyclic) bond motifs is 1. The molecule has 2 aromatic rings. The van der Waals surface area contributed by atoms with Gasteiger partial charge >= 0.3 is 0 Å². The van der Waals surface area contributed by atoms with Gasteiger partial charge in [-0.2, -0.15) is 0 Å². The first-order valence-corrected chi connectivity index (χ1v) is 9.99. The average molecular weight is 398 g/mol. The standard InChI is InChI=1S/C22H23FN2O4/c1-2-3-10-28-21-13-15(6-8-24-21)29-20-7-9-25(22(20)27)14-11-17-16(18(23)12-14)4-5-19(17)26/h6,8,11-13,20H,2-5,7,9-10H2,1H3/t20-/m1/s1. The zero-order valence-electron chi connectivity index (χ0n) is 16.3. The SMILES string of the molecule is CCCCOc1cc(O[C@@H]2CCN(c3cc(F)c4c(c3)C(=O)CC4)C2=O)ccn1. The molecule has 1 atom stereocenters. The highest BCUT2D eigenvalue weighted by molar-refractivity contribution is 6.04. The quantitative estimate of drug-likeness (QED) is 0.665. The number of carbonyl (C=O) groups excluding carboxylic acids is 2. The van der Waals surface area contributed by atoms with Gasteiger partial charge in [0, 0.05) is 42.9 Å². The summed E-state index contributed by atoms with van der Waals surface area (Å²) in [4.78, 5) is 30.5. The molecule has 1 aliphatic carbocycles. The van der Waals surface area contributed by atoms with Crippen LogP contribution in [0.3, 0.4) is 0 Å². The first-order chi connectivity index (χ1) is 14.1. The summed E-state index contributed by atoms with van der Waals surface area (Å²) >= 11 is 0. The van der Waals surface area contributed by atoms with E-state index in [9.17, 15) is 14.0 Å². The lowest BCUT2D eigenvalue weighted by molar-refractivity contribution is -0.122. The van der Waals surface area contributed by atoms with Crippen LogP contribution in [0.4, 0.5) is 10.1 Å². The topological polar surface area (TPSA) is 68.7 Å². The Labute approximate surface area is 168 Å². The summed E-state index contributed by atoms with van der Waals surface area (Å²) in [7, 11) is 0. The maximum Gasteiger partial charge on any atom is 0.268 e. The van der Waals surface area contributed by atoms with Gasteiger partial charge in [-0.25, -0.2) is 9.37 Å². The molecule has 0 spiro atoms. The summed E-state index contributed by atoms with van der Waals surface area (Å²) in [5.74, 6) is 0.204. The van der Waals surface area contributed by atoms with E-state index in [1.54, 1.807) is 24.4 Å². The van der Waals surface area contributed by atoms with Gasteiger partial charge in [0.1, 0.15) is 11.6 Å². The second-order valence-electron chi connectivity index (χ2n) is 7.29. The number of ketones is 1. The largest absolute Gasteiger partial charge is 0.480 e. The third kappa shape index (κ3) is 3.95. The van der Waals surface area contributed by atoms with Crippen LogP contribution >= 0.6 is 0 Å². The average Bonchev–Trinajstić information content (AvgIpc) is 3.26. The van der Waals surface area contributed by atoms with E-state index >= 15 is 0 Å². The number of anilines is 1. The molecule has 7 heteroatoms. The molecule has 0 unspecified atom stereocenters. The van der Waals surface area contributed by atoms with Crippen molar-refractivity contribution in [2.24, 2.45) is 0 Å². The number of unbranched alkanes of at least 4 members (excludes halogenated alkanes) is 1. The first-order valence-electron chi connectivity index (χ1n) is 9.99. The minimum atomic E-state index is -0.673. The number of halogens is 1. The molecule has 2 aliphatic rings. The summed E-state index contributed by atoms with van der Waals surface area (Å²) in [6.45, 7) is 3.06. The van der Waals surface area contributed by atoms with E-state index in [-0.39, 0.29) is 11.7 Å². The van der Waals surface area contributed by atoms with Gasteiger partial charge < -0.3 is 14.4 Å². The lowest BCUT2D eigenvalue weighted by atomic mass is 10.1. The van der Waals surface area contributed by atoms with Gasteiger partial charge in [0.25, 0.3) is 5.91 Å². The summed E-state index contributed by atoms with van der Waals surface area (Å²) in [5.41, 5.74) is 1.25. The number of pyridine rings is 1. The van der Waals surface area contributed by atoms with Crippen LogP contribution in [0.15, 0.2) is 30.5 Å². The van der Waals surface area contributed by atoms with Crippen LogP contribution in [0.25, 0.3) is 0 Å². The van der Waals surface area contributed by atoms with Crippen LogP contribution in [0.2, 0.25) is 0 Å². The zero-order chi connectivity index (χ0) is 20.4. The highest BCUT2D eigenvalue weighted by atomic mass is 19.1. The van der Waals surface area contributed by atoms with Crippen molar-refractivity contribution in [2.45, 2.75) is 45.1 Å². The van der Waals surface area contributed by atoms with Gasteiger partial charge in [0.2, 0.25) is 5.88 Å². The Morgan fingerprint density at radius 3 is 2.93 bits per heavy atom. The minimum absolute atomic E-state index is 0.0763. The van der Waals surface area contributed by atoms with E-state index < -0.39 is 11.9 Å². The van der Waals surface area contributed by atoms with Crippen LogP contribution in [0.5, 0.6) is 11.6 Å². The van der Waals surface area contributed by atoms with Gasteiger partial charge in [0.05, 0.1) is 6.61 Å². The molecule has 1 aromatic carbocycles. The lowest BCUT2D eigenvalue weighted by Crippen LogP contribution is -2.32. The van der Waals surface area contributed by atoms with E-state index in [0.29, 0.717) is 60.9 Å². The molecule has 0 radical (unpaired) electrons. The maximum absolute atomic E-state index is 14.4. The van der Waals surface area contributed by atoms with Gasteiger partial charge in [-0.3, -0.25) is 9.59 Å². The lowest BCUT2D eigenvalue weighted by Gasteiger charge is -2.18. The molecule has 1 saturated heterocycles. The molecule has 1 amide bonds. The Morgan fingerprint density at radius 1 is 1.24 bits per heavy atom. The molecular weight excluding hydrogens is 375 g/mol. The number of carbonyl (C=O) groups is 2. The second kappa shape index (κ2) is 8.19. The summed E-state index contributed by atoms with van der Waals surface area (Å²) in [6, 6.07) is 6.31. The molecule has 0 N–H and O–H groups in total. The third-order valence-electron chi connectivity index (χ3n) is 5.28. The molecule has 0 saturated carbocycles. The molecule has 1 fully saturated rings. The smallest absolute Gasteiger partial charge is 0.268 e. The van der Waals surface area contributed by atoms with Gasteiger partial charge in [0.15, 0.2) is 11.9 Å². The van der Waals surface area contributed by atoms with Crippen molar-refractivity contribution in [1.29, 1.82) is 0 Å². The van der Waals surface area contributed by atoms with Gasteiger partial charge in [-0.05, 0) is 36.6 Å². The summed E-state index contributed by atoms with van der Waals surface area (Å²) in [5, 5.41) is 0. The van der Waals surface area contributed by atoms with Gasteiger partial charge in [-0.15, -0.1) is 0 Å². The van der Waals surface area contributed by atoms with Crippen LogP contribution < -0.4 is 14.4 Å². The molecule has 29 heavy (non-hydrogen) atoms. The molecule has 2 heterocycles. The molecule has 1 aromatic heterocycles. The Kier molecular flexibility index (Phi) is 5.47. The monoisotopic (exact) mass is 398 g/mol. The molecule has 4 rings (SSSR count).